The van der Waals surface area contributed by atoms with E-state index in [1.165, 1.54) is 7.11 Å². The molecule has 2 aromatic heterocycles. The average Bonchev–Trinajstić information content (AvgIpc) is 2.80. The van der Waals surface area contributed by atoms with Gasteiger partial charge < -0.3 is 14.8 Å². The minimum absolute atomic E-state index is 0.0402. The van der Waals surface area contributed by atoms with Crippen molar-refractivity contribution >= 4 is 17.8 Å². The van der Waals surface area contributed by atoms with E-state index < -0.39 is 11.7 Å². The van der Waals surface area contributed by atoms with Gasteiger partial charge in [-0.15, -0.1) is 0 Å². The maximum absolute atomic E-state index is 13.0. The number of aromatic nitrogens is 3. The van der Waals surface area contributed by atoms with Gasteiger partial charge in [-0.25, -0.2) is 19.7 Å². The molecule has 2 aromatic rings. The zero-order valence-electron chi connectivity index (χ0n) is 20.7. The van der Waals surface area contributed by atoms with Crippen molar-refractivity contribution in [2.24, 2.45) is 0 Å². The number of rotatable bonds is 7. The van der Waals surface area contributed by atoms with Crippen LogP contribution in [0, 0.1) is 0 Å². The quantitative estimate of drug-likeness (QED) is 0.635. The van der Waals surface area contributed by atoms with Crippen molar-refractivity contribution in [3.05, 3.63) is 30.7 Å². The van der Waals surface area contributed by atoms with E-state index in [1.807, 2.05) is 44.7 Å². The van der Waals surface area contributed by atoms with Crippen LogP contribution in [0.5, 0.6) is 6.01 Å². The smallest absolute Gasteiger partial charge is 0.407 e. The number of methoxy groups -OCH3 is 1. The minimum Gasteiger partial charge on any atom is -0.467 e. The lowest BCUT2D eigenvalue weighted by Gasteiger charge is -2.36. The van der Waals surface area contributed by atoms with Gasteiger partial charge in [-0.3, -0.25) is 9.69 Å². The second-order valence-electron chi connectivity index (χ2n) is 9.53. The number of hydrogen-bond acceptors (Lipinski definition) is 7. The Morgan fingerprint density at radius 1 is 1.03 bits per heavy atom. The van der Waals surface area contributed by atoms with E-state index in [0.29, 0.717) is 18.2 Å². The Balaban J connectivity index is 1.69. The van der Waals surface area contributed by atoms with Crippen molar-refractivity contribution in [3.8, 4) is 17.1 Å². The SMILES string of the molecule is CCCC(=O)N(c1ccc(-c2cnc(OC)nc2)cn1)C1CCC(NC(=O)OC(C)(C)C)CC1. The van der Waals surface area contributed by atoms with E-state index in [0.717, 1.165) is 43.2 Å². The molecule has 9 nitrogen and oxygen atoms in total. The molecule has 0 atom stereocenters. The van der Waals surface area contributed by atoms with E-state index in [2.05, 4.69) is 20.3 Å². The molecule has 1 aliphatic carbocycles. The number of nitrogens with zero attached hydrogens (tertiary/aromatic N) is 4. The van der Waals surface area contributed by atoms with Gasteiger partial charge in [0.25, 0.3) is 0 Å². The summed E-state index contributed by atoms with van der Waals surface area (Å²) >= 11 is 0. The number of carbonyl (C=O) groups excluding carboxylic acids is 2. The Bertz CT molecular complexity index is 949. The largest absolute Gasteiger partial charge is 0.467 e. The molecular formula is C25H35N5O4. The molecule has 0 unspecified atom stereocenters. The molecule has 0 aromatic carbocycles. The molecule has 2 heterocycles. The summed E-state index contributed by atoms with van der Waals surface area (Å²) in [6.07, 6.45) is 9.07. The third-order valence-corrected chi connectivity index (χ3v) is 5.65. The molecule has 2 amide bonds. The van der Waals surface area contributed by atoms with Gasteiger partial charge in [0.15, 0.2) is 0 Å². The zero-order valence-corrected chi connectivity index (χ0v) is 20.7. The van der Waals surface area contributed by atoms with Gasteiger partial charge in [-0.2, -0.15) is 0 Å². The number of nitrogens with one attached hydrogen (secondary N) is 1. The molecule has 34 heavy (non-hydrogen) atoms. The Kier molecular flexibility index (Phi) is 8.41. The lowest BCUT2D eigenvalue weighted by Crippen LogP contribution is -2.47. The second-order valence-corrected chi connectivity index (χ2v) is 9.53. The van der Waals surface area contributed by atoms with Crippen LogP contribution >= 0.6 is 0 Å². The van der Waals surface area contributed by atoms with Crippen LogP contribution in [-0.2, 0) is 9.53 Å². The highest BCUT2D eigenvalue weighted by Gasteiger charge is 2.31. The first-order chi connectivity index (χ1) is 16.2. The van der Waals surface area contributed by atoms with Crippen molar-refractivity contribution in [2.45, 2.75) is 83.9 Å². The van der Waals surface area contributed by atoms with Crippen molar-refractivity contribution in [1.29, 1.82) is 0 Å². The van der Waals surface area contributed by atoms with Gasteiger partial charge in [-0.1, -0.05) is 6.92 Å². The van der Waals surface area contributed by atoms with E-state index in [9.17, 15) is 9.59 Å². The summed E-state index contributed by atoms with van der Waals surface area (Å²) in [5, 5.41) is 2.96. The molecule has 0 saturated heterocycles. The van der Waals surface area contributed by atoms with E-state index in [-0.39, 0.29) is 18.0 Å². The summed E-state index contributed by atoms with van der Waals surface area (Å²) in [6.45, 7) is 7.54. The first-order valence-corrected chi connectivity index (χ1v) is 11.8. The first kappa shape index (κ1) is 25.4. The molecule has 0 bridgehead atoms. The van der Waals surface area contributed by atoms with Crippen LogP contribution in [-0.4, -0.2) is 51.7 Å². The predicted molar refractivity (Wildman–Crippen MR) is 130 cm³/mol. The molecule has 0 spiro atoms. The zero-order chi connectivity index (χ0) is 24.7. The Morgan fingerprint density at radius 2 is 1.68 bits per heavy atom. The van der Waals surface area contributed by atoms with Crippen molar-refractivity contribution in [3.63, 3.8) is 0 Å². The molecule has 3 rings (SSSR count). The van der Waals surface area contributed by atoms with Gasteiger partial charge >= 0.3 is 12.1 Å². The normalized spacial score (nSPS) is 18.1. The van der Waals surface area contributed by atoms with Crippen LogP contribution in [0.4, 0.5) is 10.6 Å². The number of carbonyl (C=O) groups is 2. The Morgan fingerprint density at radius 3 is 2.21 bits per heavy atom. The third-order valence-electron chi connectivity index (χ3n) is 5.65. The summed E-state index contributed by atoms with van der Waals surface area (Å²) in [4.78, 5) is 39.9. The minimum atomic E-state index is -0.527. The van der Waals surface area contributed by atoms with Crippen molar-refractivity contribution in [2.75, 3.05) is 12.0 Å². The number of pyridine rings is 1. The molecular weight excluding hydrogens is 434 g/mol. The van der Waals surface area contributed by atoms with Gasteiger partial charge in [0.1, 0.15) is 11.4 Å². The second kappa shape index (κ2) is 11.3. The molecule has 0 aliphatic heterocycles. The van der Waals surface area contributed by atoms with E-state index >= 15 is 0 Å². The Hall–Kier alpha value is -3.23. The van der Waals surface area contributed by atoms with Crippen LogP contribution in [0.1, 0.15) is 66.2 Å². The summed E-state index contributed by atoms with van der Waals surface area (Å²) in [6, 6.07) is 4.19. The molecule has 9 heteroatoms. The lowest BCUT2D eigenvalue weighted by atomic mass is 9.90. The standard InChI is InChI=1S/C25H35N5O4/c1-6-7-22(31)30(20-11-9-19(10-12-20)29-24(32)34-25(2,3)4)21-13-8-17(14-26-21)18-15-27-23(33-5)28-16-18/h8,13-16,19-20H,6-7,9-12H2,1-5H3,(H,29,32). The number of hydrogen-bond donors (Lipinski definition) is 1. The molecule has 1 aliphatic rings. The van der Waals surface area contributed by atoms with Crippen LogP contribution in [0.15, 0.2) is 30.7 Å². The van der Waals surface area contributed by atoms with Crippen LogP contribution in [0.2, 0.25) is 0 Å². The summed E-state index contributed by atoms with van der Waals surface area (Å²) in [5.41, 5.74) is 1.15. The highest BCUT2D eigenvalue weighted by molar-refractivity contribution is 5.93. The highest BCUT2D eigenvalue weighted by Crippen LogP contribution is 2.29. The lowest BCUT2D eigenvalue weighted by molar-refractivity contribution is -0.119. The maximum atomic E-state index is 13.0. The van der Waals surface area contributed by atoms with Gasteiger partial charge in [0.2, 0.25) is 5.91 Å². The fourth-order valence-corrected chi connectivity index (χ4v) is 4.08. The van der Waals surface area contributed by atoms with E-state index in [4.69, 9.17) is 9.47 Å². The number of ether oxygens (including phenoxy) is 2. The highest BCUT2D eigenvalue weighted by atomic mass is 16.6. The number of anilines is 1. The topological polar surface area (TPSA) is 107 Å². The van der Waals surface area contributed by atoms with Gasteiger partial charge in [0.05, 0.1) is 7.11 Å². The summed E-state index contributed by atoms with van der Waals surface area (Å²) in [7, 11) is 1.52. The average molecular weight is 470 g/mol. The number of alkyl carbamates (subject to hydrolysis) is 1. The Labute approximate surface area is 201 Å². The predicted octanol–water partition coefficient (Wildman–Crippen LogP) is 4.52. The van der Waals surface area contributed by atoms with Gasteiger partial charge in [0, 0.05) is 48.2 Å². The fourth-order valence-electron chi connectivity index (χ4n) is 4.08. The van der Waals surface area contributed by atoms with Gasteiger partial charge in [-0.05, 0) is 65.0 Å². The number of amides is 2. The molecule has 184 valence electrons. The van der Waals surface area contributed by atoms with Crippen LogP contribution < -0.4 is 15.0 Å². The van der Waals surface area contributed by atoms with Crippen LogP contribution in [0.3, 0.4) is 0 Å². The monoisotopic (exact) mass is 469 g/mol. The maximum Gasteiger partial charge on any atom is 0.407 e. The third kappa shape index (κ3) is 6.88. The molecule has 1 saturated carbocycles. The molecule has 1 N–H and O–H groups in total. The first-order valence-electron chi connectivity index (χ1n) is 11.8. The molecule has 0 radical (unpaired) electrons. The van der Waals surface area contributed by atoms with E-state index in [1.54, 1.807) is 18.6 Å². The summed E-state index contributed by atoms with van der Waals surface area (Å²) in [5.74, 6) is 0.708. The van der Waals surface area contributed by atoms with Crippen LogP contribution in [0.25, 0.3) is 11.1 Å². The molecule has 1 fully saturated rings. The van der Waals surface area contributed by atoms with Crippen molar-refractivity contribution < 1.29 is 19.1 Å². The van der Waals surface area contributed by atoms with Crippen molar-refractivity contribution in [1.82, 2.24) is 20.3 Å². The summed E-state index contributed by atoms with van der Waals surface area (Å²) < 4.78 is 10.4. The fraction of sp³-hybridized carbons (Fsp3) is 0.560.